The van der Waals surface area contributed by atoms with Crippen molar-refractivity contribution in [3.05, 3.63) is 0 Å². The molecule has 0 aliphatic rings. The fourth-order valence-corrected chi connectivity index (χ4v) is 1.68. The molecule has 0 unspecified atom stereocenters. The molecule has 0 heterocycles. The zero-order chi connectivity index (χ0) is 33.0. The van der Waals surface area contributed by atoms with Gasteiger partial charge in [-0.3, -0.25) is 17.9 Å². The number of amides is 4. The average molecular weight is 1420 g/mol. The van der Waals surface area contributed by atoms with E-state index in [9.17, 15) is 19.2 Å². The molecule has 0 rings (SSSR count). The molecule has 24 heteroatoms. The van der Waals surface area contributed by atoms with Crippen LogP contribution in [-0.4, -0.2) is 186 Å². The molecule has 0 spiro atoms. The molecular formula is C26H68N8O12W4+4. The zero-order valence-corrected chi connectivity index (χ0v) is 39.3. The Kier molecular flexibility index (Phi) is 57.1. The molecule has 0 bridgehead atoms. The van der Waals surface area contributed by atoms with Crippen molar-refractivity contribution >= 4 is 24.4 Å². The largest absolute Gasteiger partial charge is 0.412 e. The second-order valence-electron chi connectivity index (χ2n) is 11.6. The molecule has 0 atom stereocenters. The zero-order valence-electron chi connectivity index (χ0n) is 27.5. The first-order valence-corrected chi connectivity index (χ1v) is 12.6. The van der Waals surface area contributed by atoms with Crippen LogP contribution in [0, 0.1) is 0 Å². The molecule has 0 aromatic rings. The van der Waals surface area contributed by atoms with E-state index in [2.05, 4.69) is 21.3 Å². The number of ether oxygens (including phenoxy) is 4. The quantitative estimate of drug-likeness (QED) is 0.0543. The molecule has 0 saturated carbocycles. The van der Waals surface area contributed by atoms with Crippen LogP contribution in [0.5, 0.6) is 0 Å². The van der Waals surface area contributed by atoms with Gasteiger partial charge in [-0.05, 0) is 0 Å². The van der Waals surface area contributed by atoms with E-state index in [0.717, 1.165) is 0 Å². The summed E-state index contributed by atoms with van der Waals surface area (Å²) in [5.41, 5.74) is 0. The van der Waals surface area contributed by atoms with Crippen LogP contribution < -0.4 is 21.3 Å². The average Bonchev–Trinajstić information content (AvgIpc) is 2.93. The number of nitrogens with zero attached hydrogens (tertiary/aromatic N) is 4. The summed E-state index contributed by atoms with van der Waals surface area (Å²) in [5.74, 6) is 0. The number of quaternary nitrogens is 4. The third-order valence-electron chi connectivity index (χ3n) is 4.64. The minimum absolute atomic E-state index is 0. The van der Waals surface area contributed by atoms with E-state index in [1.54, 1.807) is 56.4 Å². The minimum atomic E-state index is -0.721. The first-order valence-electron chi connectivity index (χ1n) is 12.6. The van der Waals surface area contributed by atoms with Crippen LogP contribution in [0.2, 0.25) is 0 Å². The van der Waals surface area contributed by atoms with Gasteiger partial charge in [0.05, 0.1) is 69.7 Å². The van der Waals surface area contributed by atoms with Crippen LogP contribution in [0.3, 0.4) is 0 Å². The van der Waals surface area contributed by atoms with Crippen LogP contribution >= 0.6 is 0 Å². The number of hydrogen-bond donors (Lipinski definition) is 8. The van der Waals surface area contributed by atoms with Crippen molar-refractivity contribution in [1.29, 1.82) is 0 Å². The Morgan fingerprint density at radius 2 is 0.540 bits per heavy atom. The van der Waals surface area contributed by atoms with Crippen molar-refractivity contribution in [2.24, 2.45) is 0 Å². The number of alkyl carbamates (subject to hydrolysis) is 4. The van der Waals surface area contributed by atoms with Gasteiger partial charge in [-0.25, -0.2) is 19.2 Å². The summed E-state index contributed by atoms with van der Waals surface area (Å²) in [6.45, 7) is -1.01. The van der Waals surface area contributed by atoms with Gasteiger partial charge >= 0.3 is 24.4 Å². The summed E-state index contributed by atoms with van der Waals surface area (Å²) < 4.78 is 19.8. The maximum absolute atomic E-state index is 11.3. The van der Waals surface area contributed by atoms with Crippen LogP contribution in [-0.2, 0) is 103 Å². The first-order chi connectivity index (χ1) is 19.2. The van der Waals surface area contributed by atoms with Gasteiger partial charge in [0.15, 0.2) is 26.9 Å². The molecule has 8 N–H and O–H groups in total. The number of nitrogens with one attached hydrogen (secondary N) is 4. The van der Waals surface area contributed by atoms with Gasteiger partial charge in [-0.15, -0.1) is 0 Å². The van der Waals surface area contributed by atoms with Crippen molar-refractivity contribution in [1.82, 2.24) is 21.3 Å². The van der Waals surface area contributed by atoms with Crippen LogP contribution in [0.1, 0.15) is 29.7 Å². The van der Waals surface area contributed by atoms with Gasteiger partial charge in [0.25, 0.3) is 0 Å². The summed E-state index contributed by atoms with van der Waals surface area (Å²) in [6, 6.07) is 0. The number of aliphatic hydroxyl groups excluding tert-OH is 4. The van der Waals surface area contributed by atoms with Gasteiger partial charge in [0.2, 0.25) is 26.9 Å². The summed E-state index contributed by atoms with van der Waals surface area (Å²) >= 11 is 0. The molecule has 4 amide bonds. The molecule has 0 aliphatic heterocycles. The minimum Gasteiger partial charge on any atom is -0.399 e. The molecule has 0 aromatic heterocycles. The maximum atomic E-state index is 11.3. The Hall–Kier alpha value is -0.487. The summed E-state index contributed by atoms with van der Waals surface area (Å²) in [7, 11) is 13.5. The smallest absolute Gasteiger partial charge is 0.399 e. The second kappa shape index (κ2) is 38.2. The van der Waals surface area contributed by atoms with E-state index in [1.807, 2.05) is 0 Å². The van der Waals surface area contributed by atoms with Gasteiger partial charge in [0, 0.05) is 84.3 Å². The van der Waals surface area contributed by atoms with Crippen molar-refractivity contribution in [3.8, 4) is 0 Å². The summed E-state index contributed by atoms with van der Waals surface area (Å²) in [5, 5.41) is 45.1. The third-order valence-corrected chi connectivity index (χ3v) is 4.64. The Morgan fingerprint density at radius 1 is 0.400 bits per heavy atom. The molecule has 304 valence electrons. The van der Waals surface area contributed by atoms with Gasteiger partial charge in [0.1, 0.15) is 0 Å². The monoisotopic (exact) mass is 1420 g/mol. The van der Waals surface area contributed by atoms with Gasteiger partial charge in [-0.1, -0.05) is 29.7 Å². The molecule has 0 aliphatic carbocycles. The molecule has 0 fully saturated rings. The fraction of sp³-hybridized carbons (Fsp3) is 0.846. The molecule has 20 nitrogen and oxygen atoms in total. The number of carbonyl (C=O) groups excluding carboxylic acids is 4. The number of carbonyl (C=O) groups is 4. The fourth-order valence-electron chi connectivity index (χ4n) is 1.68. The molecular weight excluding hydrogens is 1350 g/mol. The number of rotatable bonds is 16. The van der Waals surface area contributed by atoms with Gasteiger partial charge < -0.3 is 60.6 Å². The summed E-state index contributed by atoms with van der Waals surface area (Å²) in [6.07, 6.45) is -2.88. The normalized spacial score (nSPS) is 9.84. The van der Waals surface area contributed by atoms with Crippen LogP contribution in [0.15, 0.2) is 0 Å². The van der Waals surface area contributed by atoms with Crippen molar-refractivity contribution in [2.45, 2.75) is 29.7 Å². The SMILES string of the molecule is C.C.C.C.C[N+](C)(CO)COC(=O)NCNC(=O)OC[N+](C)(C)CO.C[N+](C)(CO)COC(=O)NCNC(=O)OC[N+](C)(C)CO.[W].[W].[W].[W]. The Morgan fingerprint density at radius 3 is 0.660 bits per heavy atom. The number of hydrogen-bond acceptors (Lipinski definition) is 12. The first kappa shape index (κ1) is 74.6. The van der Waals surface area contributed by atoms with E-state index < -0.39 is 24.4 Å². The van der Waals surface area contributed by atoms with E-state index >= 15 is 0 Å². The molecule has 0 radical (unpaired) electrons. The number of aliphatic hydroxyl groups is 4. The maximum Gasteiger partial charge on any atom is 0.412 e. The molecule has 50 heavy (non-hydrogen) atoms. The standard InChI is InChI=1S/2C11H24N4O6.4CH4.4W/c2*1-14(2,6-16)8-20-10(18)12-5-13-11(19)21-9-15(3,4)7-17;;;;;;;;/h2*16-17H,5-9H2,1-4H3;4*1H4;;;;/p+4. The van der Waals surface area contributed by atoms with Crippen molar-refractivity contribution in [3.63, 3.8) is 0 Å². The van der Waals surface area contributed by atoms with E-state index in [1.165, 1.54) is 0 Å². The van der Waals surface area contributed by atoms with Crippen molar-refractivity contribution in [2.75, 3.05) is 124 Å². The van der Waals surface area contributed by atoms with Gasteiger partial charge in [-0.2, -0.15) is 0 Å². The Labute approximate surface area is 357 Å². The van der Waals surface area contributed by atoms with Crippen LogP contribution in [0.4, 0.5) is 19.2 Å². The second-order valence-corrected chi connectivity index (χ2v) is 11.6. The predicted octanol–water partition coefficient (Wildman–Crippen LogP) is -0.738. The van der Waals surface area contributed by atoms with E-state index in [-0.39, 0.29) is 199 Å². The third kappa shape index (κ3) is 45.5. The van der Waals surface area contributed by atoms with E-state index in [0.29, 0.717) is 0 Å². The topological polar surface area (TPSA) is 234 Å². The summed E-state index contributed by atoms with van der Waals surface area (Å²) in [4.78, 5) is 45.2. The van der Waals surface area contributed by atoms with E-state index in [4.69, 9.17) is 39.4 Å². The Bertz CT molecular complexity index is 721. The molecule has 0 aromatic carbocycles. The van der Waals surface area contributed by atoms with Crippen molar-refractivity contribution < 1.29 is 161 Å². The molecule has 0 saturated heterocycles. The Balaban J connectivity index is -0.0000000690. The predicted molar refractivity (Wildman–Crippen MR) is 171 cm³/mol. The van der Waals surface area contributed by atoms with Crippen LogP contribution in [0.25, 0.3) is 0 Å².